The third-order valence-electron chi connectivity index (χ3n) is 2.81. The average Bonchev–Trinajstić information content (AvgIpc) is 2.75. The molecule has 5 heteroatoms. The Morgan fingerprint density at radius 1 is 1.50 bits per heavy atom. The predicted octanol–water partition coefficient (Wildman–Crippen LogP) is 1.87. The highest BCUT2D eigenvalue weighted by Gasteiger charge is 2.22. The van der Waals surface area contributed by atoms with E-state index >= 15 is 0 Å². The number of aliphatic imine (C=N–C) groups is 1. The average molecular weight is 271 g/mol. The van der Waals surface area contributed by atoms with Crippen molar-refractivity contribution in [2.45, 2.75) is 40.2 Å². The lowest BCUT2D eigenvalue weighted by Gasteiger charge is -2.13. The van der Waals surface area contributed by atoms with Crippen LogP contribution in [-0.4, -0.2) is 36.0 Å². The van der Waals surface area contributed by atoms with Gasteiger partial charge in [0.15, 0.2) is 5.17 Å². The summed E-state index contributed by atoms with van der Waals surface area (Å²) in [7, 11) is 0. The van der Waals surface area contributed by atoms with Gasteiger partial charge in [-0.25, -0.2) is 0 Å². The third-order valence-corrected chi connectivity index (χ3v) is 3.86. The number of amidine groups is 1. The smallest absolute Gasteiger partial charge is 0.221 e. The first kappa shape index (κ1) is 15.3. The van der Waals surface area contributed by atoms with Crippen LogP contribution in [0.25, 0.3) is 0 Å². The molecule has 1 aliphatic heterocycles. The first-order valence-corrected chi connectivity index (χ1v) is 7.68. The van der Waals surface area contributed by atoms with Crippen LogP contribution in [0, 0.1) is 11.8 Å². The molecule has 0 spiro atoms. The van der Waals surface area contributed by atoms with Crippen LogP contribution >= 0.6 is 11.8 Å². The summed E-state index contributed by atoms with van der Waals surface area (Å²) >= 11 is 1.76. The molecular weight excluding hydrogens is 246 g/mol. The fraction of sp³-hybridized carbons (Fsp3) is 0.846. The quantitative estimate of drug-likeness (QED) is 0.775. The fourth-order valence-electron chi connectivity index (χ4n) is 1.53. The molecule has 0 aromatic carbocycles. The summed E-state index contributed by atoms with van der Waals surface area (Å²) in [4.78, 5) is 15.9. The summed E-state index contributed by atoms with van der Waals surface area (Å²) in [6, 6.07) is 0.517. The van der Waals surface area contributed by atoms with Crippen LogP contribution in [0.4, 0.5) is 0 Å². The Hall–Kier alpha value is -0.710. The van der Waals surface area contributed by atoms with Crippen LogP contribution < -0.4 is 10.6 Å². The second kappa shape index (κ2) is 7.67. The zero-order valence-corrected chi connectivity index (χ0v) is 12.6. The first-order valence-electron chi connectivity index (χ1n) is 6.69. The number of amides is 1. The zero-order chi connectivity index (χ0) is 13.5. The number of hydrogen-bond donors (Lipinski definition) is 2. The van der Waals surface area contributed by atoms with E-state index in [1.54, 1.807) is 11.8 Å². The summed E-state index contributed by atoms with van der Waals surface area (Å²) in [6.45, 7) is 9.92. The highest BCUT2D eigenvalue weighted by atomic mass is 32.2. The topological polar surface area (TPSA) is 53.5 Å². The van der Waals surface area contributed by atoms with Crippen molar-refractivity contribution in [2.75, 3.05) is 18.8 Å². The highest BCUT2D eigenvalue weighted by molar-refractivity contribution is 8.14. The minimum atomic E-state index is 0.0939. The molecule has 0 aromatic heterocycles. The van der Waals surface area contributed by atoms with Crippen molar-refractivity contribution in [3.63, 3.8) is 0 Å². The number of carbonyl (C=O) groups excluding carboxylic acids is 1. The molecule has 1 rings (SSSR count). The summed E-state index contributed by atoms with van der Waals surface area (Å²) in [5.74, 6) is 2.30. The lowest BCUT2D eigenvalue weighted by Crippen LogP contribution is -2.32. The molecule has 104 valence electrons. The maximum absolute atomic E-state index is 11.5. The van der Waals surface area contributed by atoms with Gasteiger partial charge in [0.1, 0.15) is 0 Å². The first-order chi connectivity index (χ1) is 8.49. The fourth-order valence-corrected chi connectivity index (χ4v) is 2.75. The Balaban J connectivity index is 2.19. The van der Waals surface area contributed by atoms with E-state index in [0.717, 1.165) is 17.5 Å². The molecule has 0 aliphatic carbocycles. The molecule has 1 atom stereocenters. The van der Waals surface area contributed by atoms with Crippen molar-refractivity contribution < 1.29 is 4.79 Å². The van der Waals surface area contributed by atoms with Gasteiger partial charge < -0.3 is 10.6 Å². The molecule has 1 aliphatic rings. The number of thioether (sulfide) groups is 1. The maximum atomic E-state index is 11.5. The van der Waals surface area contributed by atoms with E-state index in [-0.39, 0.29) is 5.91 Å². The lowest BCUT2D eigenvalue weighted by atomic mass is 10.1. The standard InChI is InChI=1S/C13H25N3OS/c1-9(2)7-15-12(17)5-6-14-13-16-11(8-18-13)10(3)4/h9-11H,5-8H2,1-4H3,(H,14,16)(H,15,17)/t11-/m1/s1. The number of rotatable bonds is 6. The summed E-state index contributed by atoms with van der Waals surface area (Å²) in [6.07, 6.45) is 0.477. The van der Waals surface area contributed by atoms with Crippen LogP contribution in [0.3, 0.4) is 0 Å². The summed E-state index contributed by atoms with van der Waals surface area (Å²) in [5, 5.41) is 7.29. The Bertz CT molecular complexity index is 303. The van der Waals surface area contributed by atoms with Crippen LogP contribution in [-0.2, 0) is 4.79 Å². The van der Waals surface area contributed by atoms with Gasteiger partial charge in [-0.15, -0.1) is 0 Å². The van der Waals surface area contributed by atoms with Crippen molar-refractivity contribution in [1.29, 1.82) is 0 Å². The zero-order valence-electron chi connectivity index (χ0n) is 11.8. The van der Waals surface area contributed by atoms with Gasteiger partial charge in [-0.2, -0.15) is 0 Å². The van der Waals surface area contributed by atoms with Crippen LogP contribution in [0.2, 0.25) is 0 Å². The van der Waals surface area contributed by atoms with Gasteiger partial charge in [0.2, 0.25) is 5.91 Å². The molecule has 18 heavy (non-hydrogen) atoms. The van der Waals surface area contributed by atoms with Gasteiger partial charge in [0, 0.05) is 24.8 Å². The van der Waals surface area contributed by atoms with Gasteiger partial charge in [0.05, 0.1) is 6.54 Å². The van der Waals surface area contributed by atoms with Crippen molar-refractivity contribution in [3.05, 3.63) is 0 Å². The minimum absolute atomic E-state index is 0.0939. The summed E-state index contributed by atoms with van der Waals surface area (Å²) in [5.41, 5.74) is 0. The number of hydrogen-bond acceptors (Lipinski definition) is 3. The number of carbonyl (C=O) groups is 1. The van der Waals surface area contributed by atoms with Crippen LogP contribution in [0.1, 0.15) is 34.1 Å². The Morgan fingerprint density at radius 2 is 2.22 bits per heavy atom. The molecule has 1 amide bonds. The number of nitrogens with one attached hydrogen (secondary N) is 2. The van der Waals surface area contributed by atoms with E-state index in [1.165, 1.54) is 0 Å². The number of nitrogens with zero attached hydrogens (tertiary/aromatic N) is 1. The molecule has 4 nitrogen and oxygen atoms in total. The van der Waals surface area contributed by atoms with Crippen LogP contribution in [0.5, 0.6) is 0 Å². The Morgan fingerprint density at radius 3 is 2.78 bits per heavy atom. The molecule has 0 radical (unpaired) electrons. The predicted molar refractivity (Wildman–Crippen MR) is 79.0 cm³/mol. The van der Waals surface area contributed by atoms with E-state index in [2.05, 4.69) is 43.3 Å². The molecule has 1 fully saturated rings. The van der Waals surface area contributed by atoms with Crippen LogP contribution in [0.15, 0.2) is 4.99 Å². The van der Waals surface area contributed by atoms with E-state index in [4.69, 9.17) is 0 Å². The molecule has 0 saturated carbocycles. The van der Waals surface area contributed by atoms with Crippen molar-refractivity contribution in [1.82, 2.24) is 10.6 Å². The van der Waals surface area contributed by atoms with E-state index in [9.17, 15) is 4.79 Å². The SMILES string of the molecule is CC(C)CNC(=O)CCN=C1N[C@@H](C(C)C)CS1. The summed E-state index contributed by atoms with van der Waals surface area (Å²) < 4.78 is 0. The molecule has 2 N–H and O–H groups in total. The Kier molecular flexibility index (Phi) is 6.54. The van der Waals surface area contributed by atoms with Crippen molar-refractivity contribution in [2.24, 2.45) is 16.8 Å². The molecule has 0 bridgehead atoms. The lowest BCUT2D eigenvalue weighted by molar-refractivity contribution is -0.121. The molecule has 1 heterocycles. The monoisotopic (exact) mass is 271 g/mol. The molecule has 0 aromatic rings. The Labute approximate surface area is 114 Å². The normalized spacial score (nSPS) is 21.7. The van der Waals surface area contributed by atoms with Gasteiger partial charge in [-0.1, -0.05) is 39.5 Å². The second-order valence-electron chi connectivity index (χ2n) is 5.44. The molecule has 1 saturated heterocycles. The molecular formula is C13H25N3OS. The van der Waals surface area contributed by atoms with E-state index in [0.29, 0.717) is 30.8 Å². The molecule has 0 unspecified atom stereocenters. The van der Waals surface area contributed by atoms with Crippen molar-refractivity contribution >= 4 is 22.8 Å². The van der Waals surface area contributed by atoms with Crippen molar-refractivity contribution in [3.8, 4) is 0 Å². The van der Waals surface area contributed by atoms with E-state index < -0.39 is 0 Å². The van der Waals surface area contributed by atoms with Gasteiger partial charge in [0.25, 0.3) is 0 Å². The third kappa shape index (κ3) is 5.76. The van der Waals surface area contributed by atoms with E-state index in [1.807, 2.05) is 0 Å². The maximum Gasteiger partial charge on any atom is 0.221 e. The largest absolute Gasteiger partial charge is 0.361 e. The highest BCUT2D eigenvalue weighted by Crippen LogP contribution is 2.18. The minimum Gasteiger partial charge on any atom is -0.361 e. The van der Waals surface area contributed by atoms with Gasteiger partial charge >= 0.3 is 0 Å². The second-order valence-corrected chi connectivity index (χ2v) is 6.45. The van der Waals surface area contributed by atoms with Gasteiger partial charge in [-0.05, 0) is 11.8 Å². The van der Waals surface area contributed by atoms with Gasteiger partial charge in [-0.3, -0.25) is 9.79 Å².